The van der Waals surface area contributed by atoms with Gasteiger partial charge in [-0.1, -0.05) is 20.8 Å². The normalized spacial score (nSPS) is 31.6. The van der Waals surface area contributed by atoms with Crippen molar-refractivity contribution in [3.63, 3.8) is 0 Å². The van der Waals surface area contributed by atoms with Crippen LogP contribution in [0, 0.1) is 10.8 Å². The lowest BCUT2D eigenvalue weighted by atomic mass is 9.65. The average molecular weight is 313 g/mol. The Labute approximate surface area is 137 Å². The van der Waals surface area contributed by atoms with Gasteiger partial charge in [-0.3, -0.25) is 4.90 Å². The summed E-state index contributed by atoms with van der Waals surface area (Å²) >= 11 is 0. The Hall–Kier alpha value is -1.55. The average Bonchev–Trinajstić information content (AvgIpc) is 2.94. The highest BCUT2D eigenvalue weighted by atomic mass is 16.3. The number of H-pyrrole nitrogens is 1. The number of fused-ring (bicyclic) bond motifs is 3. The maximum Gasteiger partial charge on any atom is 0.124 e. The number of benzene rings is 1. The number of phenols is 1. The van der Waals surface area contributed by atoms with Gasteiger partial charge < -0.3 is 10.1 Å². The van der Waals surface area contributed by atoms with Gasteiger partial charge in [-0.05, 0) is 49.1 Å². The smallest absolute Gasteiger partial charge is 0.124 e. The number of nitrogens with zero attached hydrogens (tertiary/aromatic N) is 2. The van der Waals surface area contributed by atoms with E-state index in [1.807, 2.05) is 6.07 Å². The molecule has 1 aromatic heterocycles. The van der Waals surface area contributed by atoms with Gasteiger partial charge >= 0.3 is 0 Å². The van der Waals surface area contributed by atoms with E-state index >= 15 is 0 Å². The van der Waals surface area contributed by atoms with Crippen molar-refractivity contribution in [2.45, 2.75) is 59.0 Å². The summed E-state index contributed by atoms with van der Waals surface area (Å²) in [7, 11) is 0. The molecule has 0 spiro atoms. The van der Waals surface area contributed by atoms with Crippen molar-refractivity contribution in [1.82, 2.24) is 14.9 Å². The Kier molecular flexibility index (Phi) is 3.08. The van der Waals surface area contributed by atoms with Gasteiger partial charge in [0, 0.05) is 18.7 Å². The quantitative estimate of drug-likeness (QED) is 0.872. The molecular formula is C19H27N3O. The zero-order valence-corrected chi connectivity index (χ0v) is 14.6. The van der Waals surface area contributed by atoms with Gasteiger partial charge in [0.15, 0.2) is 0 Å². The summed E-state index contributed by atoms with van der Waals surface area (Å²) < 4.78 is 0. The summed E-state index contributed by atoms with van der Waals surface area (Å²) in [4.78, 5) is 10.8. The van der Waals surface area contributed by atoms with E-state index in [2.05, 4.69) is 37.6 Å². The number of likely N-dealkylation sites (tertiary alicyclic amines) is 1. The Morgan fingerprint density at radius 2 is 2.09 bits per heavy atom. The second kappa shape index (κ2) is 4.73. The Bertz CT molecular complexity index is 750. The topological polar surface area (TPSA) is 52.2 Å². The van der Waals surface area contributed by atoms with Gasteiger partial charge in [-0.2, -0.15) is 0 Å². The molecule has 124 valence electrons. The van der Waals surface area contributed by atoms with Crippen molar-refractivity contribution in [1.29, 1.82) is 0 Å². The zero-order chi connectivity index (χ0) is 16.4. The molecule has 1 aliphatic carbocycles. The summed E-state index contributed by atoms with van der Waals surface area (Å²) in [6.45, 7) is 10.7. The fourth-order valence-corrected chi connectivity index (χ4v) is 5.33. The van der Waals surface area contributed by atoms with E-state index in [-0.39, 0.29) is 11.8 Å². The summed E-state index contributed by atoms with van der Waals surface area (Å²) in [5.74, 6) is 1.30. The van der Waals surface area contributed by atoms with Gasteiger partial charge in [-0.25, -0.2) is 4.98 Å². The molecule has 2 bridgehead atoms. The van der Waals surface area contributed by atoms with Crippen LogP contribution in [-0.2, 0) is 0 Å². The van der Waals surface area contributed by atoms with E-state index in [1.54, 1.807) is 12.1 Å². The molecule has 3 unspecified atom stereocenters. The molecule has 1 aliphatic heterocycles. The van der Waals surface area contributed by atoms with Crippen molar-refractivity contribution in [3.8, 4) is 5.75 Å². The van der Waals surface area contributed by atoms with Crippen LogP contribution in [0.2, 0.25) is 0 Å². The summed E-state index contributed by atoms with van der Waals surface area (Å²) in [6.07, 6.45) is 3.89. The maximum absolute atomic E-state index is 9.65. The standard InChI is InChI=1S/C19H27N3O/c1-12(17-20-15-6-5-14(23)7-16(15)21-17)22-11-19(4)9-13(22)8-18(2,3)10-19/h5-7,12-13,23H,8-11H2,1-4H3,(H,20,21). The van der Waals surface area contributed by atoms with Crippen molar-refractivity contribution < 1.29 is 5.11 Å². The third-order valence-electron chi connectivity index (χ3n) is 5.83. The van der Waals surface area contributed by atoms with Crippen molar-refractivity contribution >= 4 is 11.0 Å². The fraction of sp³-hybridized carbons (Fsp3) is 0.632. The summed E-state index contributed by atoms with van der Waals surface area (Å²) in [6, 6.07) is 6.27. The van der Waals surface area contributed by atoms with Crippen LogP contribution >= 0.6 is 0 Å². The van der Waals surface area contributed by atoms with E-state index in [9.17, 15) is 5.11 Å². The van der Waals surface area contributed by atoms with E-state index in [1.165, 1.54) is 19.3 Å². The first-order valence-corrected chi connectivity index (χ1v) is 8.69. The van der Waals surface area contributed by atoms with Crippen LogP contribution in [0.15, 0.2) is 18.2 Å². The van der Waals surface area contributed by atoms with Gasteiger partial charge in [0.2, 0.25) is 0 Å². The zero-order valence-electron chi connectivity index (χ0n) is 14.6. The number of rotatable bonds is 2. The fourth-order valence-electron chi connectivity index (χ4n) is 5.33. The number of aromatic hydroxyl groups is 1. The Balaban J connectivity index is 1.64. The highest BCUT2D eigenvalue weighted by Crippen LogP contribution is 2.54. The minimum Gasteiger partial charge on any atom is -0.508 e. The van der Waals surface area contributed by atoms with Crippen LogP contribution in [0.4, 0.5) is 0 Å². The summed E-state index contributed by atoms with van der Waals surface area (Å²) in [5.41, 5.74) is 2.72. The number of aromatic amines is 1. The van der Waals surface area contributed by atoms with E-state index in [0.29, 0.717) is 16.9 Å². The van der Waals surface area contributed by atoms with Crippen molar-refractivity contribution in [2.75, 3.05) is 6.54 Å². The second-order valence-electron chi connectivity index (χ2n) is 8.89. The SMILES string of the molecule is CC(c1nc2ccc(O)cc2[nH]1)N1CC2(C)CC1CC(C)(C)C2. The molecule has 1 aromatic carbocycles. The number of hydrogen-bond acceptors (Lipinski definition) is 3. The number of phenolic OH excluding ortho intramolecular Hbond substituents is 1. The first kappa shape index (κ1) is 15.0. The lowest BCUT2D eigenvalue weighted by Crippen LogP contribution is -2.36. The molecule has 23 heavy (non-hydrogen) atoms. The van der Waals surface area contributed by atoms with Crippen LogP contribution in [0.5, 0.6) is 5.75 Å². The van der Waals surface area contributed by atoms with Gasteiger partial charge in [0.25, 0.3) is 0 Å². The van der Waals surface area contributed by atoms with Crippen LogP contribution in [0.25, 0.3) is 11.0 Å². The molecule has 2 N–H and O–H groups in total. The second-order valence-corrected chi connectivity index (χ2v) is 8.89. The van der Waals surface area contributed by atoms with Crippen molar-refractivity contribution in [2.24, 2.45) is 10.8 Å². The van der Waals surface area contributed by atoms with Gasteiger partial charge in [0.05, 0.1) is 17.1 Å². The molecule has 0 amide bonds. The molecule has 4 nitrogen and oxygen atoms in total. The van der Waals surface area contributed by atoms with E-state index in [0.717, 1.165) is 23.4 Å². The maximum atomic E-state index is 9.65. The number of aromatic nitrogens is 2. The Morgan fingerprint density at radius 1 is 1.30 bits per heavy atom. The monoisotopic (exact) mass is 313 g/mol. The first-order chi connectivity index (χ1) is 10.7. The largest absolute Gasteiger partial charge is 0.508 e. The predicted molar refractivity (Wildman–Crippen MR) is 92.4 cm³/mol. The molecule has 0 radical (unpaired) electrons. The van der Waals surface area contributed by atoms with Crippen LogP contribution in [0.1, 0.15) is 58.8 Å². The molecule has 1 saturated heterocycles. The highest BCUT2D eigenvalue weighted by Gasteiger charge is 2.50. The third-order valence-corrected chi connectivity index (χ3v) is 5.83. The molecule has 4 heteroatoms. The lowest BCUT2D eigenvalue weighted by molar-refractivity contribution is 0.118. The number of hydrogen-bond donors (Lipinski definition) is 2. The molecule has 3 atom stereocenters. The highest BCUT2D eigenvalue weighted by molar-refractivity contribution is 5.76. The minimum absolute atomic E-state index is 0.283. The van der Waals surface area contributed by atoms with E-state index < -0.39 is 0 Å². The van der Waals surface area contributed by atoms with Crippen LogP contribution in [0.3, 0.4) is 0 Å². The summed E-state index contributed by atoms with van der Waals surface area (Å²) in [5, 5.41) is 9.65. The van der Waals surface area contributed by atoms with Crippen LogP contribution in [-0.4, -0.2) is 32.6 Å². The lowest BCUT2D eigenvalue weighted by Gasteiger charge is -2.40. The Morgan fingerprint density at radius 3 is 2.87 bits per heavy atom. The van der Waals surface area contributed by atoms with E-state index in [4.69, 9.17) is 4.98 Å². The number of nitrogens with one attached hydrogen (secondary N) is 1. The molecular weight excluding hydrogens is 286 g/mol. The number of imidazole rings is 1. The van der Waals surface area contributed by atoms with Gasteiger partial charge in [0.1, 0.15) is 11.6 Å². The first-order valence-electron chi connectivity index (χ1n) is 8.69. The molecule has 1 saturated carbocycles. The minimum atomic E-state index is 0.283. The molecule has 2 aromatic rings. The predicted octanol–water partition coefficient (Wildman–Crippen LogP) is 4.23. The molecule has 2 aliphatic rings. The third kappa shape index (κ3) is 2.53. The van der Waals surface area contributed by atoms with Gasteiger partial charge in [-0.15, -0.1) is 0 Å². The molecule has 2 heterocycles. The van der Waals surface area contributed by atoms with Crippen LogP contribution < -0.4 is 0 Å². The molecule has 4 rings (SSSR count). The van der Waals surface area contributed by atoms with Crippen molar-refractivity contribution in [3.05, 3.63) is 24.0 Å². The molecule has 2 fully saturated rings.